The van der Waals surface area contributed by atoms with Crippen molar-refractivity contribution in [2.24, 2.45) is 22.0 Å². The Balaban J connectivity index is 1.62. The molecule has 2 amide bonds. The molecule has 2 heterocycles. The van der Waals surface area contributed by atoms with Gasteiger partial charge in [0, 0.05) is 5.92 Å². The highest BCUT2D eigenvalue weighted by Crippen LogP contribution is 2.43. The minimum Gasteiger partial charge on any atom is -0.272 e. The molecule has 184 valence electrons. The summed E-state index contributed by atoms with van der Waals surface area (Å²) in [5.74, 6) is -2.13. The Morgan fingerprint density at radius 3 is 1.54 bits per heavy atom. The average Bonchev–Trinajstić information content (AvgIpc) is 3.47. The van der Waals surface area contributed by atoms with Gasteiger partial charge in [-0.3, -0.25) is 9.59 Å². The van der Waals surface area contributed by atoms with E-state index in [1.54, 1.807) is 12.1 Å². The number of hydrogen-bond donors (Lipinski definition) is 0. The summed E-state index contributed by atoms with van der Waals surface area (Å²) in [4.78, 5) is 28.0. The first-order valence-corrected chi connectivity index (χ1v) is 12.5. The average molecular weight is 490 g/mol. The fraction of sp³-hybridized carbons (Fsp3) is 0.233. The zero-order chi connectivity index (χ0) is 25.9. The number of hydrazone groups is 2. The van der Waals surface area contributed by atoms with E-state index in [0.717, 1.165) is 17.0 Å². The molecular weight excluding hydrogens is 462 g/mol. The number of para-hydroxylation sites is 2. The maximum absolute atomic E-state index is 14.0. The van der Waals surface area contributed by atoms with Crippen LogP contribution in [0.1, 0.15) is 43.7 Å². The van der Waals surface area contributed by atoms with Gasteiger partial charge in [-0.2, -0.15) is 15.5 Å². The van der Waals surface area contributed by atoms with Crippen molar-refractivity contribution in [3.05, 3.63) is 96.1 Å². The molecule has 0 fully saturated rings. The molecule has 5 rings (SSSR count). The van der Waals surface area contributed by atoms with Gasteiger partial charge in [-0.1, -0.05) is 62.4 Å². The van der Waals surface area contributed by atoms with Gasteiger partial charge in [0.25, 0.3) is 11.8 Å². The number of hydrogen-bond acceptors (Lipinski definition) is 5. The number of anilines is 2. The molecule has 2 aliphatic rings. The third-order valence-electron chi connectivity index (χ3n) is 6.99. The third kappa shape index (κ3) is 4.31. The topological polar surface area (TPSA) is 89.1 Å². The first kappa shape index (κ1) is 24.1. The van der Waals surface area contributed by atoms with Gasteiger partial charge in [0.15, 0.2) is 0 Å². The maximum Gasteiger partial charge on any atom is 0.256 e. The van der Waals surface area contributed by atoms with Crippen molar-refractivity contribution in [3.8, 4) is 6.07 Å². The van der Waals surface area contributed by atoms with Crippen LogP contribution < -0.4 is 10.0 Å². The SMILES string of the molecule is CCC1=NN(c2ccccc2)C(=O)C1C(c1ccc(C#N)cc1)C1C(=O)N(c2ccccc2)N=C1CC. The molecule has 0 aliphatic carbocycles. The molecule has 7 heteroatoms. The van der Waals surface area contributed by atoms with E-state index in [2.05, 4.69) is 6.07 Å². The molecular formula is C30H27N5O2. The van der Waals surface area contributed by atoms with Crippen LogP contribution in [-0.2, 0) is 9.59 Å². The summed E-state index contributed by atoms with van der Waals surface area (Å²) in [5.41, 5.74) is 4.15. The number of carbonyl (C=O) groups excluding carboxylic acids is 2. The van der Waals surface area contributed by atoms with Crippen molar-refractivity contribution in [3.63, 3.8) is 0 Å². The highest BCUT2D eigenvalue weighted by Gasteiger charge is 2.51. The highest BCUT2D eigenvalue weighted by molar-refractivity contribution is 6.20. The Hall–Kier alpha value is -4.57. The molecule has 0 saturated heterocycles. The molecule has 0 radical (unpaired) electrons. The summed E-state index contributed by atoms with van der Waals surface area (Å²) in [6.07, 6.45) is 1.13. The predicted octanol–water partition coefficient (Wildman–Crippen LogP) is 5.50. The molecule has 37 heavy (non-hydrogen) atoms. The summed E-state index contributed by atoms with van der Waals surface area (Å²) in [6.45, 7) is 3.95. The van der Waals surface area contributed by atoms with Crippen LogP contribution in [-0.4, -0.2) is 23.2 Å². The van der Waals surface area contributed by atoms with Crippen LogP contribution in [0.2, 0.25) is 0 Å². The largest absolute Gasteiger partial charge is 0.272 e. The smallest absolute Gasteiger partial charge is 0.256 e. The molecule has 3 aromatic rings. The Kier molecular flexibility index (Phi) is 6.65. The molecule has 2 unspecified atom stereocenters. The highest BCUT2D eigenvalue weighted by atomic mass is 16.2. The Labute approximate surface area is 216 Å². The standard InChI is InChI=1S/C30H27N5O2/c1-3-24-27(29(36)34(32-24)22-11-7-5-8-12-22)26(21-17-15-20(19-31)16-18-21)28-25(4-2)33-35(30(28)37)23-13-9-6-10-14-23/h5-18,26-28H,3-4H2,1-2H3. The van der Waals surface area contributed by atoms with Crippen LogP contribution in [0, 0.1) is 23.2 Å². The normalized spacial score (nSPS) is 20.0. The lowest BCUT2D eigenvalue weighted by Crippen LogP contribution is -2.40. The first-order chi connectivity index (χ1) is 18.1. The van der Waals surface area contributed by atoms with E-state index in [4.69, 9.17) is 10.2 Å². The number of carbonyl (C=O) groups is 2. The van der Waals surface area contributed by atoms with Gasteiger partial charge in [-0.25, -0.2) is 10.0 Å². The molecule has 2 atom stereocenters. The summed E-state index contributed by atoms with van der Waals surface area (Å²) < 4.78 is 0. The van der Waals surface area contributed by atoms with Gasteiger partial charge < -0.3 is 0 Å². The fourth-order valence-corrected chi connectivity index (χ4v) is 5.20. The molecule has 3 aromatic carbocycles. The number of amides is 2. The van der Waals surface area contributed by atoms with Gasteiger partial charge >= 0.3 is 0 Å². The van der Waals surface area contributed by atoms with Crippen LogP contribution >= 0.6 is 0 Å². The van der Waals surface area contributed by atoms with Crippen molar-refractivity contribution in [1.82, 2.24) is 0 Å². The van der Waals surface area contributed by atoms with Crippen molar-refractivity contribution in [1.29, 1.82) is 5.26 Å². The van der Waals surface area contributed by atoms with Gasteiger partial charge in [-0.15, -0.1) is 0 Å². The van der Waals surface area contributed by atoms with Crippen LogP contribution in [0.3, 0.4) is 0 Å². The van der Waals surface area contributed by atoms with E-state index in [1.165, 1.54) is 10.0 Å². The van der Waals surface area contributed by atoms with E-state index in [0.29, 0.717) is 29.8 Å². The summed E-state index contributed by atoms with van der Waals surface area (Å²) in [6, 6.07) is 28.0. The van der Waals surface area contributed by atoms with Crippen molar-refractivity contribution < 1.29 is 9.59 Å². The molecule has 0 N–H and O–H groups in total. The number of rotatable bonds is 7. The zero-order valence-electron chi connectivity index (χ0n) is 20.8. The monoisotopic (exact) mass is 489 g/mol. The van der Waals surface area contributed by atoms with Gasteiger partial charge in [0.1, 0.15) is 0 Å². The van der Waals surface area contributed by atoms with Crippen LogP contribution in [0.5, 0.6) is 0 Å². The Morgan fingerprint density at radius 1 is 0.730 bits per heavy atom. The van der Waals surface area contributed by atoms with Gasteiger partial charge in [0.2, 0.25) is 0 Å². The summed E-state index contributed by atoms with van der Waals surface area (Å²) in [7, 11) is 0. The van der Waals surface area contributed by atoms with Crippen molar-refractivity contribution >= 4 is 34.6 Å². The van der Waals surface area contributed by atoms with E-state index < -0.39 is 17.8 Å². The van der Waals surface area contributed by atoms with Crippen molar-refractivity contribution in [2.75, 3.05) is 10.0 Å². The Morgan fingerprint density at radius 2 is 1.16 bits per heavy atom. The van der Waals surface area contributed by atoms with Crippen LogP contribution in [0.25, 0.3) is 0 Å². The third-order valence-corrected chi connectivity index (χ3v) is 6.99. The van der Waals surface area contributed by atoms with Crippen LogP contribution in [0.15, 0.2) is 95.1 Å². The Bertz CT molecular complexity index is 1330. The second-order valence-electron chi connectivity index (χ2n) is 9.08. The molecule has 0 spiro atoms. The van der Waals surface area contributed by atoms with Gasteiger partial charge in [0.05, 0.1) is 46.3 Å². The van der Waals surface area contributed by atoms with E-state index in [9.17, 15) is 14.9 Å². The molecule has 0 bridgehead atoms. The lowest BCUT2D eigenvalue weighted by atomic mass is 9.71. The second kappa shape index (κ2) is 10.2. The molecule has 2 aliphatic heterocycles. The predicted molar refractivity (Wildman–Crippen MR) is 144 cm³/mol. The molecule has 0 aromatic heterocycles. The summed E-state index contributed by atoms with van der Waals surface area (Å²) >= 11 is 0. The second-order valence-corrected chi connectivity index (χ2v) is 9.08. The van der Waals surface area contributed by atoms with Gasteiger partial charge in [-0.05, 0) is 54.8 Å². The minimum absolute atomic E-state index is 0.168. The van der Waals surface area contributed by atoms with E-state index in [1.807, 2.05) is 86.6 Å². The summed E-state index contributed by atoms with van der Waals surface area (Å²) in [5, 5.41) is 21.7. The molecule has 0 saturated carbocycles. The number of nitrogens with zero attached hydrogens (tertiary/aromatic N) is 5. The number of benzene rings is 3. The van der Waals surface area contributed by atoms with E-state index >= 15 is 0 Å². The number of nitriles is 1. The lowest BCUT2D eigenvalue weighted by Gasteiger charge is -2.29. The fourth-order valence-electron chi connectivity index (χ4n) is 5.20. The van der Waals surface area contributed by atoms with Crippen LogP contribution in [0.4, 0.5) is 11.4 Å². The quantitative estimate of drug-likeness (QED) is 0.439. The van der Waals surface area contributed by atoms with E-state index in [-0.39, 0.29) is 11.8 Å². The first-order valence-electron chi connectivity index (χ1n) is 12.5. The minimum atomic E-state index is -0.639. The maximum atomic E-state index is 14.0. The van der Waals surface area contributed by atoms with Crippen molar-refractivity contribution in [2.45, 2.75) is 32.6 Å². The lowest BCUT2D eigenvalue weighted by molar-refractivity contribution is -0.122. The molecule has 7 nitrogen and oxygen atoms in total. The zero-order valence-corrected chi connectivity index (χ0v) is 20.8.